The molecule has 0 radical (unpaired) electrons. The van der Waals surface area contributed by atoms with Crippen molar-refractivity contribution in [2.24, 2.45) is 0 Å². The van der Waals surface area contributed by atoms with Crippen LogP contribution in [0.1, 0.15) is 5.56 Å². The van der Waals surface area contributed by atoms with Gasteiger partial charge in [-0.15, -0.1) is 0 Å². The lowest BCUT2D eigenvalue weighted by Crippen LogP contribution is -2.19. The molecule has 112 valence electrons. The first kappa shape index (κ1) is 15.7. The van der Waals surface area contributed by atoms with Crippen molar-refractivity contribution in [2.45, 2.75) is 6.54 Å². The van der Waals surface area contributed by atoms with E-state index in [0.29, 0.717) is 6.61 Å². The zero-order valence-corrected chi connectivity index (χ0v) is 13.2. The van der Waals surface area contributed by atoms with Crippen molar-refractivity contribution in [3.8, 4) is 5.75 Å². The fourth-order valence-corrected chi connectivity index (χ4v) is 2.08. The molecular formula is C17H21ClN2O. The first-order chi connectivity index (χ1) is 10.1. The third kappa shape index (κ3) is 5.66. The lowest BCUT2D eigenvalue weighted by molar-refractivity contribution is 0.261. The highest BCUT2D eigenvalue weighted by Gasteiger charge is 1.98. The largest absolute Gasteiger partial charge is 0.492 e. The monoisotopic (exact) mass is 304 g/mol. The summed E-state index contributed by atoms with van der Waals surface area (Å²) in [5.41, 5.74) is 2.23. The highest BCUT2D eigenvalue weighted by Crippen LogP contribution is 2.17. The number of anilines is 1. The number of nitrogens with one attached hydrogen (secondary N) is 1. The van der Waals surface area contributed by atoms with E-state index in [2.05, 4.69) is 16.3 Å². The van der Waals surface area contributed by atoms with Crippen molar-refractivity contribution < 1.29 is 4.74 Å². The highest BCUT2D eigenvalue weighted by atomic mass is 35.5. The second-order valence-electron chi connectivity index (χ2n) is 5.16. The maximum absolute atomic E-state index is 5.97. The Hall–Kier alpha value is -1.71. The van der Waals surface area contributed by atoms with E-state index in [4.69, 9.17) is 16.3 Å². The second-order valence-corrected chi connectivity index (χ2v) is 5.60. The Kier molecular flexibility index (Phi) is 5.90. The number of rotatable bonds is 7. The van der Waals surface area contributed by atoms with Crippen molar-refractivity contribution in [1.29, 1.82) is 0 Å². The second kappa shape index (κ2) is 7.91. The molecule has 0 fully saturated rings. The molecule has 0 unspecified atom stereocenters. The molecule has 0 saturated carbocycles. The van der Waals surface area contributed by atoms with Crippen LogP contribution in [-0.2, 0) is 6.54 Å². The molecule has 0 heterocycles. The number of halogens is 1. The first-order valence-corrected chi connectivity index (χ1v) is 7.37. The van der Waals surface area contributed by atoms with Crippen LogP contribution in [0.3, 0.4) is 0 Å². The van der Waals surface area contributed by atoms with Gasteiger partial charge in [-0.1, -0.05) is 23.7 Å². The van der Waals surface area contributed by atoms with Gasteiger partial charge in [0.05, 0.1) is 0 Å². The molecule has 21 heavy (non-hydrogen) atoms. The minimum atomic E-state index is 0.697. The van der Waals surface area contributed by atoms with E-state index in [0.717, 1.165) is 35.1 Å². The smallest absolute Gasteiger partial charge is 0.119 e. The maximum Gasteiger partial charge on any atom is 0.119 e. The molecule has 0 bridgehead atoms. The average molecular weight is 305 g/mol. The van der Waals surface area contributed by atoms with Gasteiger partial charge >= 0.3 is 0 Å². The van der Waals surface area contributed by atoms with Crippen molar-refractivity contribution >= 4 is 17.3 Å². The molecule has 0 aliphatic carbocycles. The van der Waals surface area contributed by atoms with Gasteiger partial charge in [-0.05, 0) is 56.1 Å². The molecule has 0 amide bonds. The van der Waals surface area contributed by atoms with Gasteiger partial charge in [0, 0.05) is 23.8 Å². The predicted molar refractivity (Wildman–Crippen MR) is 89.3 cm³/mol. The van der Waals surface area contributed by atoms with Gasteiger partial charge in [0.2, 0.25) is 0 Å². The molecule has 2 aromatic rings. The molecule has 0 saturated heterocycles. The summed E-state index contributed by atoms with van der Waals surface area (Å²) in [6, 6.07) is 15.9. The zero-order chi connectivity index (χ0) is 15.1. The Morgan fingerprint density at radius 2 is 1.86 bits per heavy atom. The highest BCUT2D eigenvalue weighted by molar-refractivity contribution is 6.30. The van der Waals surface area contributed by atoms with Gasteiger partial charge in [-0.3, -0.25) is 0 Å². The molecule has 0 aliphatic heterocycles. The van der Waals surface area contributed by atoms with E-state index in [9.17, 15) is 0 Å². The van der Waals surface area contributed by atoms with Gasteiger partial charge in [0.1, 0.15) is 12.4 Å². The van der Waals surface area contributed by atoms with Gasteiger partial charge < -0.3 is 15.0 Å². The van der Waals surface area contributed by atoms with Crippen molar-refractivity contribution in [1.82, 2.24) is 4.90 Å². The number of benzene rings is 2. The molecule has 0 aliphatic rings. The molecule has 2 rings (SSSR count). The van der Waals surface area contributed by atoms with E-state index in [1.54, 1.807) is 0 Å². The van der Waals surface area contributed by atoms with Gasteiger partial charge in [-0.2, -0.15) is 0 Å². The van der Waals surface area contributed by atoms with Gasteiger partial charge in [-0.25, -0.2) is 0 Å². The van der Waals surface area contributed by atoms with Crippen LogP contribution in [0.15, 0.2) is 48.5 Å². The van der Waals surface area contributed by atoms with E-state index < -0.39 is 0 Å². The van der Waals surface area contributed by atoms with E-state index >= 15 is 0 Å². The van der Waals surface area contributed by atoms with Gasteiger partial charge in [0.25, 0.3) is 0 Å². The Labute approximate surface area is 131 Å². The Morgan fingerprint density at radius 3 is 2.52 bits per heavy atom. The standard InChI is InChI=1S/C17H21ClN2O/c1-20(2)10-11-21-17-8-6-16(7-9-17)19-13-14-4-3-5-15(18)12-14/h3-9,12,19H,10-11,13H2,1-2H3. The maximum atomic E-state index is 5.97. The molecule has 3 nitrogen and oxygen atoms in total. The van der Waals surface area contributed by atoms with E-state index in [1.807, 2.05) is 56.6 Å². The Morgan fingerprint density at radius 1 is 1.10 bits per heavy atom. The van der Waals surface area contributed by atoms with Crippen LogP contribution in [0.25, 0.3) is 0 Å². The van der Waals surface area contributed by atoms with Crippen molar-refractivity contribution in [3.63, 3.8) is 0 Å². The van der Waals surface area contributed by atoms with Gasteiger partial charge in [0.15, 0.2) is 0 Å². The van der Waals surface area contributed by atoms with Crippen LogP contribution in [0.4, 0.5) is 5.69 Å². The number of ether oxygens (including phenoxy) is 1. The molecule has 2 aromatic carbocycles. The Bertz CT molecular complexity index is 555. The molecule has 0 spiro atoms. The molecule has 0 atom stereocenters. The molecular weight excluding hydrogens is 284 g/mol. The number of nitrogens with zero attached hydrogens (tertiary/aromatic N) is 1. The summed E-state index contributed by atoms with van der Waals surface area (Å²) in [6.07, 6.45) is 0. The number of hydrogen-bond acceptors (Lipinski definition) is 3. The SMILES string of the molecule is CN(C)CCOc1ccc(NCc2cccc(Cl)c2)cc1. The lowest BCUT2D eigenvalue weighted by Gasteiger charge is -2.12. The van der Waals surface area contributed by atoms with E-state index in [-0.39, 0.29) is 0 Å². The quantitative estimate of drug-likeness (QED) is 0.840. The fourth-order valence-electron chi connectivity index (χ4n) is 1.87. The predicted octanol–water partition coefficient (Wildman–Crippen LogP) is 3.89. The summed E-state index contributed by atoms with van der Waals surface area (Å²) in [5, 5.41) is 4.13. The first-order valence-electron chi connectivity index (χ1n) is 6.99. The summed E-state index contributed by atoms with van der Waals surface area (Å²) >= 11 is 5.97. The summed E-state index contributed by atoms with van der Waals surface area (Å²) in [7, 11) is 4.07. The average Bonchev–Trinajstić information content (AvgIpc) is 2.46. The van der Waals surface area contributed by atoms with Crippen LogP contribution in [0.2, 0.25) is 5.02 Å². The lowest BCUT2D eigenvalue weighted by atomic mass is 10.2. The van der Waals surface area contributed by atoms with Crippen LogP contribution in [0.5, 0.6) is 5.75 Å². The molecule has 4 heteroatoms. The van der Waals surface area contributed by atoms with Crippen LogP contribution in [-0.4, -0.2) is 32.1 Å². The van der Waals surface area contributed by atoms with Crippen LogP contribution < -0.4 is 10.1 Å². The summed E-state index contributed by atoms with van der Waals surface area (Å²) in [6.45, 7) is 2.36. The molecule has 1 N–H and O–H groups in total. The van der Waals surface area contributed by atoms with Crippen molar-refractivity contribution in [3.05, 3.63) is 59.1 Å². The zero-order valence-electron chi connectivity index (χ0n) is 12.5. The summed E-state index contributed by atoms with van der Waals surface area (Å²) in [5.74, 6) is 0.894. The fraction of sp³-hybridized carbons (Fsp3) is 0.294. The van der Waals surface area contributed by atoms with Crippen LogP contribution >= 0.6 is 11.6 Å². The third-order valence-electron chi connectivity index (χ3n) is 3.05. The molecule has 0 aromatic heterocycles. The topological polar surface area (TPSA) is 24.5 Å². The number of likely N-dealkylation sites (N-methyl/N-ethyl adjacent to an activating group) is 1. The van der Waals surface area contributed by atoms with Crippen LogP contribution in [0, 0.1) is 0 Å². The van der Waals surface area contributed by atoms with Crippen molar-refractivity contribution in [2.75, 3.05) is 32.6 Å². The summed E-state index contributed by atoms with van der Waals surface area (Å²) < 4.78 is 5.66. The summed E-state index contributed by atoms with van der Waals surface area (Å²) in [4.78, 5) is 2.10. The van der Waals surface area contributed by atoms with E-state index in [1.165, 1.54) is 0 Å². The minimum absolute atomic E-state index is 0.697. The third-order valence-corrected chi connectivity index (χ3v) is 3.28. The minimum Gasteiger partial charge on any atom is -0.492 e. The number of hydrogen-bond donors (Lipinski definition) is 1. The Balaban J connectivity index is 1.82. The normalized spacial score (nSPS) is 10.7.